The molecule has 0 aliphatic rings. The summed E-state index contributed by atoms with van der Waals surface area (Å²) in [6, 6.07) is 91.1. The molecule has 0 spiro atoms. The Morgan fingerprint density at radius 3 is 1.03 bits per heavy atom. The monoisotopic (exact) mass is 898 g/mol. The van der Waals surface area contributed by atoms with Gasteiger partial charge in [0.25, 0.3) is 0 Å². The van der Waals surface area contributed by atoms with Crippen molar-refractivity contribution in [1.82, 2.24) is 0 Å². The van der Waals surface area contributed by atoms with Gasteiger partial charge in [0.15, 0.2) is 0 Å². The van der Waals surface area contributed by atoms with E-state index in [2.05, 4.69) is 243 Å². The van der Waals surface area contributed by atoms with Crippen LogP contribution in [0, 0.1) is 0 Å². The van der Waals surface area contributed by atoms with Crippen molar-refractivity contribution in [3.63, 3.8) is 0 Å². The maximum absolute atomic E-state index is 3.69. The van der Waals surface area contributed by atoms with Gasteiger partial charge in [0.05, 0.1) is 0 Å². The van der Waals surface area contributed by atoms with Crippen LogP contribution in [0.3, 0.4) is 0 Å². The zero-order valence-electron chi connectivity index (χ0n) is 34.4. The van der Waals surface area contributed by atoms with E-state index in [0.717, 1.165) is 0 Å². The number of fused-ring (bicyclic) bond motifs is 6. The molecular weight excluding hydrogens is 857 g/mol. The first kappa shape index (κ1) is 37.9. The van der Waals surface area contributed by atoms with Gasteiger partial charge in [-0.1, -0.05) is 0 Å². The Morgan fingerprint density at radius 2 is 0.571 bits per heavy atom. The average Bonchev–Trinajstić information content (AvgIpc) is 3.94. The van der Waals surface area contributed by atoms with Crippen LogP contribution in [-0.4, -0.2) is 13.3 Å². The minimum absolute atomic E-state index is 1.23. The van der Waals surface area contributed by atoms with E-state index in [4.69, 9.17) is 0 Å². The topological polar surface area (TPSA) is 0 Å². The number of thiophene rings is 2. The number of hydrogen-bond donors (Lipinski definition) is 0. The molecule has 0 fully saturated rings. The van der Waals surface area contributed by atoms with Crippen LogP contribution in [0.25, 0.3) is 84.9 Å². The molecule has 63 heavy (non-hydrogen) atoms. The Morgan fingerprint density at radius 1 is 0.238 bits per heavy atom. The summed E-state index contributed by atoms with van der Waals surface area (Å²) in [5, 5.41) is 5.31. The van der Waals surface area contributed by atoms with Crippen molar-refractivity contribution in [2.45, 2.75) is 0 Å². The summed E-state index contributed by atoms with van der Waals surface area (Å²) >= 11 is 0.0957. The summed E-state index contributed by atoms with van der Waals surface area (Å²) in [5.74, 6) is 0. The van der Waals surface area contributed by atoms with Crippen molar-refractivity contribution >= 4 is 93.9 Å². The van der Waals surface area contributed by atoms with E-state index in [0.29, 0.717) is 0 Å². The molecule has 3 heteroatoms. The zero-order valence-corrected chi connectivity index (χ0v) is 38.1. The van der Waals surface area contributed by atoms with E-state index < -0.39 is 13.3 Å². The van der Waals surface area contributed by atoms with Crippen LogP contribution >= 0.6 is 22.7 Å². The van der Waals surface area contributed by atoms with Gasteiger partial charge in [-0.25, -0.2) is 0 Å². The molecule has 0 aliphatic carbocycles. The van der Waals surface area contributed by atoms with Gasteiger partial charge in [0.1, 0.15) is 0 Å². The molecule has 0 amide bonds. The van der Waals surface area contributed by atoms with Crippen molar-refractivity contribution in [3.05, 3.63) is 243 Å². The van der Waals surface area contributed by atoms with Crippen LogP contribution in [0.4, 0.5) is 0 Å². The molecule has 0 unspecified atom stereocenters. The number of rotatable bonds is 8. The van der Waals surface area contributed by atoms with Gasteiger partial charge >= 0.3 is 381 Å². The minimum atomic E-state index is -3.69. The average molecular weight is 898 g/mol. The molecule has 0 atom stereocenters. The molecule has 0 radical (unpaired) electrons. The molecule has 0 saturated heterocycles. The van der Waals surface area contributed by atoms with Gasteiger partial charge in [0, 0.05) is 0 Å². The Labute approximate surface area is 378 Å². The fourth-order valence-electron chi connectivity index (χ4n) is 9.92. The van der Waals surface area contributed by atoms with E-state index >= 15 is 0 Å². The number of benzene rings is 10. The summed E-state index contributed by atoms with van der Waals surface area (Å²) in [7, 11) is 0. The first-order valence-corrected chi connectivity index (χ1v) is 27.4. The second-order valence-electron chi connectivity index (χ2n) is 16.4. The SMILES string of the molecule is c1cc[c]([Ge]([c]2ccccc2)([c]2cccc(-c3cccc(-c4cccc5c4sc4ccccc45)c3)c2)[c]2cccc(-c3cccc(-c4cccc5c4sc4ccccc45)c3)c2)cc1. The quantitative estimate of drug-likeness (QED) is 0.133. The molecule has 296 valence electrons. The molecule has 0 aliphatic heterocycles. The molecular formula is C60H40GeS2. The van der Waals surface area contributed by atoms with Gasteiger partial charge in [0.2, 0.25) is 0 Å². The van der Waals surface area contributed by atoms with Gasteiger partial charge < -0.3 is 0 Å². The van der Waals surface area contributed by atoms with E-state index in [-0.39, 0.29) is 0 Å². The van der Waals surface area contributed by atoms with E-state index in [1.165, 1.54) is 102 Å². The predicted molar refractivity (Wildman–Crippen MR) is 278 cm³/mol. The molecule has 2 aromatic heterocycles. The van der Waals surface area contributed by atoms with Crippen molar-refractivity contribution in [1.29, 1.82) is 0 Å². The van der Waals surface area contributed by atoms with Crippen molar-refractivity contribution in [3.8, 4) is 44.5 Å². The van der Waals surface area contributed by atoms with Crippen LogP contribution in [0.1, 0.15) is 0 Å². The van der Waals surface area contributed by atoms with Crippen molar-refractivity contribution < 1.29 is 0 Å². The van der Waals surface area contributed by atoms with E-state index in [9.17, 15) is 0 Å². The standard InChI is InChI=1S/C60H40GeS2/c1-3-23-47(24-4-1)61(48-25-5-2-6-26-48,49-27-13-19-43(39-49)41-17-11-21-45(37-41)51-31-15-33-55-53-29-7-9-35-57(53)62-59(51)55)50-28-14-20-44(40-50)42-18-12-22-46(38-42)52-32-16-34-56-54-30-8-10-36-58(54)63-60(52)56/h1-40H. The number of hydrogen-bond acceptors (Lipinski definition) is 2. The van der Waals surface area contributed by atoms with Crippen molar-refractivity contribution in [2.75, 3.05) is 0 Å². The van der Waals surface area contributed by atoms with Crippen LogP contribution < -0.4 is 17.6 Å². The Bertz CT molecular complexity index is 3390. The molecule has 12 rings (SSSR count). The third-order valence-corrected chi connectivity index (χ3v) is 25.2. The predicted octanol–water partition coefficient (Wildman–Crippen LogP) is 14.5. The zero-order chi connectivity index (χ0) is 41.7. The molecule has 0 bridgehead atoms. The molecule has 0 nitrogen and oxygen atoms in total. The third kappa shape index (κ3) is 6.48. The van der Waals surface area contributed by atoms with Crippen LogP contribution in [0.2, 0.25) is 0 Å². The maximum atomic E-state index is 2.51. The molecule has 2 heterocycles. The van der Waals surface area contributed by atoms with E-state index in [1.54, 1.807) is 0 Å². The Hall–Kier alpha value is -6.82. The second-order valence-corrected chi connectivity index (χ2v) is 26.5. The molecule has 12 aromatic rings. The van der Waals surface area contributed by atoms with Crippen LogP contribution in [0.5, 0.6) is 0 Å². The normalized spacial score (nSPS) is 11.8. The first-order chi connectivity index (χ1) is 31.2. The third-order valence-electron chi connectivity index (χ3n) is 12.8. The van der Waals surface area contributed by atoms with Crippen LogP contribution in [-0.2, 0) is 0 Å². The molecule has 10 aromatic carbocycles. The van der Waals surface area contributed by atoms with Crippen LogP contribution in [0.15, 0.2) is 243 Å². The van der Waals surface area contributed by atoms with Gasteiger partial charge in [-0.05, 0) is 0 Å². The summed E-state index contributed by atoms with van der Waals surface area (Å²) in [6.45, 7) is 0. The van der Waals surface area contributed by atoms with Gasteiger partial charge in [-0.3, -0.25) is 0 Å². The fourth-order valence-corrected chi connectivity index (χ4v) is 22.5. The summed E-state index contributed by atoms with van der Waals surface area (Å²) in [4.78, 5) is 0. The molecule has 0 N–H and O–H groups in total. The summed E-state index contributed by atoms with van der Waals surface area (Å²) in [5.41, 5.74) is 9.98. The van der Waals surface area contributed by atoms with Gasteiger partial charge in [-0.2, -0.15) is 0 Å². The van der Waals surface area contributed by atoms with Crippen molar-refractivity contribution in [2.24, 2.45) is 0 Å². The fraction of sp³-hybridized carbons (Fsp3) is 0. The summed E-state index contributed by atoms with van der Waals surface area (Å²) < 4.78 is 11.0. The Kier molecular flexibility index (Phi) is 9.52. The molecule has 0 saturated carbocycles. The first-order valence-electron chi connectivity index (χ1n) is 21.6. The second kappa shape index (κ2) is 15.8. The Balaban J connectivity index is 1.01. The van der Waals surface area contributed by atoms with E-state index in [1.807, 2.05) is 22.7 Å². The summed E-state index contributed by atoms with van der Waals surface area (Å²) in [6.07, 6.45) is 0. The van der Waals surface area contributed by atoms with Gasteiger partial charge in [-0.15, -0.1) is 0 Å².